The fraction of sp³-hybridized carbons (Fsp3) is 0.524. The maximum absolute atomic E-state index is 13.0. The lowest BCUT2D eigenvalue weighted by Crippen LogP contribution is -2.41. The number of likely N-dealkylation sites (N-methyl/N-ethyl adjacent to an activating group) is 1. The number of rotatable bonds is 10. The lowest BCUT2D eigenvalue weighted by molar-refractivity contribution is 0.331. The first-order valence-electron chi connectivity index (χ1n) is 9.94. The monoisotopic (exact) mass is 388 g/mol. The summed E-state index contributed by atoms with van der Waals surface area (Å²) in [5, 5.41) is 11.1. The molecule has 6 nitrogen and oxygen atoms in total. The summed E-state index contributed by atoms with van der Waals surface area (Å²) >= 11 is 0. The lowest BCUT2D eigenvalue weighted by atomic mass is 10.2. The summed E-state index contributed by atoms with van der Waals surface area (Å²) in [7, 11) is 2.06. The standard InChI is InChI=1S/C21H33FN6/c1-5-23-21(24-11-6-13-28-18(3)15-17(2)26-28)25-12-14-27(4)16-19-7-9-20(22)10-8-19/h7-10,15H,5-6,11-14,16H2,1-4H3,(H2,23,24,25). The first-order valence-corrected chi connectivity index (χ1v) is 9.94. The quantitative estimate of drug-likeness (QED) is 0.373. The van der Waals surface area contributed by atoms with Gasteiger partial charge in [0.2, 0.25) is 0 Å². The van der Waals surface area contributed by atoms with Crippen LogP contribution in [0.1, 0.15) is 30.3 Å². The summed E-state index contributed by atoms with van der Waals surface area (Å²) in [6.45, 7) is 11.1. The molecule has 0 fully saturated rings. The van der Waals surface area contributed by atoms with Crippen molar-refractivity contribution in [3.05, 3.63) is 53.1 Å². The van der Waals surface area contributed by atoms with E-state index in [9.17, 15) is 4.39 Å². The van der Waals surface area contributed by atoms with E-state index in [1.54, 1.807) is 0 Å². The number of halogens is 1. The molecule has 0 saturated carbocycles. The Hall–Kier alpha value is -2.41. The van der Waals surface area contributed by atoms with Crippen LogP contribution in [0.2, 0.25) is 0 Å². The van der Waals surface area contributed by atoms with Crippen molar-refractivity contribution >= 4 is 5.96 Å². The van der Waals surface area contributed by atoms with Gasteiger partial charge in [0.05, 0.1) is 5.69 Å². The van der Waals surface area contributed by atoms with Crippen LogP contribution >= 0.6 is 0 Å². The molecule has 0 aliphatic carbocycles. The van der Waals surface area contributed by atoms with Crippen LogP contribution in [0.25, 0.3) is 0 Å². The van der Waals surface area contributed by atoms with Crippen LogP contribution < -0.4 is 10.6 Å². The van der Waals surface area contributed by atoms with Gasteiger partial charge in [0.1, 0.15) is 5.82 Å². The number of hydrogen-bond acceptors (Lipinski definition) is 3. The van der Waals surface area contributed by atoms with Gasteiger partial charge >= 0.3 is 0 Å². The molecule has 2 rings (SSSR count). The summed E-state index contributed by atoms with van der Waals surface area (Å²) in [5.74, 6) is 0.642. The van der Waals surface area contributed by atoms with Gasteiger partial charge in [-0.2, -0.15) is 5.10 Å². The molecule has 2 aromatic rings. The van der Waals surface area contributed by atoms with Crippen molar-refractivity contribution in [1.29, 1.82) is 0 Å². The molecular formula is C21H33FN6. The van der Waals surface area contributed by atoms with Crippen LogP contribution in [-0.2, 0) is 13.1 Å². The number of aliphatic imine (C=N–C) groups is 1. The Kier molecular flexibility index (Phi) is 8.94. The number of nitrogens with zero attached hydrogens (tertiary/aromatic N) is 4. The minimum absolute atomic E-state index is 0.197. The molecule has 1 aromatic carbocycles. The Morgan fingerprint density at radius 3 is 2.61 bits per heavy atom. The van der Waals surface area contributed by atoms with Crippen LogP contribution in [0.4, 0.5) is 4.39 Å². The molecule has 0 atom stereocenters. The normalized spacial score (nSPS) is 11.9. The van der Waals surface area contributed by atoms with Crippen molar-refractivity contribution < 1.29 is 4.39 Å². The van der Waals surface area contributed by atoms with Crippen LogP contribution in [0.3, 0.4) is 0 Å². The number of guanidine groups is 1. The Morgan fingerprint density at radius 2 is 1.96 bits per heavy atom. The third-order valence-electron chi connectivity index (χ3n) is 4.40. The van der Waals surface area contributed by atoms with Crippen molar-refractivity contribution in [2.75, 3.05) is 33.2 Å². The predicted molar refractivity (Wildman–Crippen MR) is 113 cm³/mol. The molecule has 0 amide bonds. The Balaban J connectivity index is 1.71. The molecule has 0 saturated heterocycles. The number of aromatic nitrogens is 2. The molecule has 0 unspecified atom stereocenters. The Morgan fingerprint density at radius 1 is 1.21 bits per heavy atom. The molecule has 0 radical (unpaired) electrons. The molecule has 2 N–H and O–H groups in total. The maximum Gasteiger partial charge on any atom is 0.191 e. The van der Waals surface area contributed by atoms with Crippen molar-refractivity contribution in [3.8, 4) is 0 Å². The van der Waals surface area contributed by atoms with E-state index < -0.39 is 0 Å². The van der Waals surface area contributed by atoms with Crippen LogP contribution in [0, 0.1) is 19.7 Å². The molecule has 28 heavy (non-hydrogen) atoms. The molecule has 0 bridgehead atoms. The zero-order chi connectivity index (χ0) is 20.4. The first kappa shape index (κ1) is 21.9. The van der Waals surface area contributed by atoms with Crippen molar-refractivity contribution in [3.63, 3.8) is 0 Å². The van der Waals surface area contributed by atoms with E-state index in [-0.39, 0.29) is 5.82 Å². The number of aryl methyl sites for hydroxylation is 3. The first-order chi connectivity index (χ1) is 13.5. The lowest BCUT2D eigenvalue weighted by Gasteiger charge is -2.18. The van der Waals surface area contributed by atoms with Gasteiger partial charge in [0.15, 0.2) is 5.96 Å². The zero-order valence-corrected chi connectivity index (χ0v) is 17.5. The average molecular weight is 389 g/mol. The topological polar surface area (TPSA) is 57.5 Å². The van der Waals surface area contributed by atoms with Crippen LogP contribution in [-0.4, -0.2) is 53.9 Å². The van der Waals surface area contributed by atoms with Gasteiger partial charge < -0.3 is 15.5 Å². The second-order valence-corrected chi connectivity index (χ2v) is 7.06. The van der Waals surface area contributed by atoms with E-state index in [0.29, 0.717) is 0 Å². The predicted octanol–water partition coefficient (Wildman–Crippen LogP) is 2.72. The maximum atomic E-state index is 13.0. The van der Waals surface area contributed by atoms with E-state index in [1.807, 2.05) is 23.7 Å². The Labute approximate surface area is 167 Å². The largest absolute Gasteiger partial charge is 0.357 e. The van der Waals surface area contributed by atoms with Gasteiger partial charge in [0.25, 0.3) is 0 Å². The fourth-order valence-corrected chi connectivity index (χ4v) is 3.00. The molecule has 0 spiro atoms. The number of hydrogen-bond donors (Lipinski definition) is 2. The third-order valence-corrected chi connectivity index (χ3v) is 4.40. The van der Waals surface area contributed by atoms with Crippen LogP contribution in [0.15, 0.2) is 35.3 Å². The van der Waals surface area contributed by atoms with Gasteiger partial charge in [-0.05, 0) is 58.0 Å². The second kappa shape index (κ2) is 11.4. The number of benzene rings is 1. The minimum Gasteiger partial charge on any atom is -0.357 e. The highest BCUT2D eigenvalue weighted by Gasteiger charge is 2.03. The highest BCUT2D eigenvalue weighted by atomic mass is 19.1. The molecule has 0 aliphatic heterocycles. The van der Waals surface area contributed by atoms with Crippen molar-refractivity contribution in [2.24, 2.45) is 4.99 Å². The second-order valence-electron chi connectivity index (χ2n) is 7.06. The van der Waals surface area contributed by atoms with Gasteiger partial charge in [-0.1, -0.05) is 12.1 Å². The molecule has 0 aliphatic rings. The molecular weight excluding hydrogens is 355 g/mol. The summed E-state index contributed by atoms with van der Waals surface area (Å²) in [6, 6.07) is 8.76. The highest BCUT2D eigenvalue weighted by Crippen LogP contribution is 2.05. The van der Waals surface area contributed by atoms with Crippen molar-refractivity contribution in [2.45, 2.75) is 40.3 Å². The van der Waals surface area contributed by atoms with E-state index in [4.69, 9.17) is 0 Å². The molecule has 1 heterocycles. The molecule has 1 aromatic heterocycles. The third kappa shape index (κ3) is 7.68. The van der Waals surface area contributed by atoms with E-state index >= 15 is 0 Å². The molecule has 154 valence electrons. The van der Waals surface area contributed by atoms with E-state index in [0.717, 1.165) is 62.9 Å². The van der Waals surface area contributed by atoms with Gasteiger partial charge in [-0.3, -0.25) is 9.67 Å². The van der Waals surface area contributed by atoms with Gasteiger partial charge in [-0.15, -0.1) is 0 Å². The van der Waals surface area contributed by atoms with Gasteiger partial charge in [0, 0.05) is 45.0 Å². The summed E-state index contributed by atoms with van der Waals surface area (Å²) in [5.41, 5.74) is 3.35. The van der Waals surface area contributed by atoms with E-state index in [1.165, 1.54) is 17.8 Å². The minimum atomic E-state index is -0.197. The van der Waals surface area contributed by atoms with Crippen molar-refractivity contribution in [1.82, 2.24) is 25.3 Å². The van der Waals surface area contributed by atoms with Crippen LogP contribution in [0.5, 0.6) is 0 Å². The summed E-state index contributed by atoms with van der Waals surface area (Å²) in [4.78, 5) is 6.85. The SMILES string of the molecule is CCNC(=NCCCn1nc(C)cc1C)NCCN(C)Cc1ccc(F)cc1. The number of nitrogens with one attached hydrogen (secondary N) is 2. The average Bonchev–Trinajstić information content (AvgIpc) is 2.98. The smallest absolute Gasteiger partial charge is 0.191 e. The summed E-state index contributed by atoms with van der Waals surface area (Å²) < 4.78 is 15.0. The fourth-order valence-electron chi connectivity index (χ4n) is 3.00. The summed E-state index contributed by atoms with van der Waals surface area (Å²) in [6.07, 6.45) is 0.947. The van der Waals surface area contributed by atoms with E-state index in [2.05, 4.69) is 52.6 Å². The Bertz CT molecular complexity index is 738. The zero-order valence-electron chi connectivity index (χ0n) is 17.5. The molecule has 7 heteroatoms. The van der Waals surface area contributed by atoms with Gasteiger partial charge in [-0.25, -0.2) is 4.39 Å². The highest BCUT2D eigenvalue weighted by molar-refractivity contribution is 5.79.